The van der Waals surface area contributed by atoms with Crippen LogP contribution >= 0.6 is 0 Å². The summed E-state index contributed by atoms with van der Waals surface area (Å²) in [4.78, 5) is 14.6. The zero-order chi connectivity index (χ0) is 11.8. The van der Waals surface area contributed by atoms with Crippen molar-refractivity contribution in [1.29, 1.82) is 0 Å². The summed E-state index contributed by atoms with van der Waals surface area (Å²) in [6, 6.07) is 0. The number of hydrogen-bond acceptors (Lipinski definition) is 2. The van der Waals surface area contributed by atoms with Crippen molar-refractivity contribution in [3.05, 3.63) is 0 Å². The summed E-state index contributed by atoms with van der Waals surface area (Å²) in [7, 11) is 0. The van der Waals surface area contributed by atoms with E-state index in [0.29, 0.717) is 17.6 Å². The van der Waals surface area contributed by atoms with Crippen LogP contribution in [0.15, 0.2) is 0 Å². The Hall–Kier alpha value is -0.370. The number of piperidine rings is 1. The minimum Gasteiger partial charge on any atom is -0.303 e. The molecule has 0 aromatic rings. The van der Waals surface area contributed by atoms with E-state index in [9.17, 15) is 4.79 Å². The lowest BCUT2D eigenvalue weighted by atomic mass is 9.87. The molecule has 1 aliphatic carbocycles. The summed E-state index contributed by atoms with van der Waals surface area (Å²) in [5.74, 6) is 1.53. The van der Waals surface area contributed by atoms with Crippen LogP contribution in [0.25, 0.3) is 0 Å². The van der Waals surface area contributed by atoms with Gasteiger partial charge in [-0.05, 0) is 38.3 Å². The Balaban J connectivity index is 1.76. The predicted octanol–water partition coefficient (Wildman–Crippen LogP) is 2.72. The fourth-order valence-corrected chi connectivity index (χ4v) is 2.80. The highest BCUT2D eigenvalue weighted by molar-refractivity contribution is 5.88. The van der Waals surface area contributed by atoms with Crippen LogP contribution in [0.4, 0.5) is 0 Å². The van der Waals surface area contributed by atoms with Gasteiger partial charge in [0.15, 0.2) is 0 Å². The zero-order valence-corrected chi connectivity index (χ0v) is 11.0. The molecule has 2 rings (SSSR count). The molecule has 92 valence electrons. The number of Topliss-reactive ketones (excluding diaryl/α,β-unsaturated/α-hetero) is 1. The number of nitrogens with zero attached hydrogens (tertiary/aromatic N) is 1. The first-order valence-electron chi connectivity index (χ1n) is 6.75. The Kier molecular flexibility index (Phi) is 3.39. The third kappa shape index (κ3) is 2.85. The van der Waals surface area contributed by atoms with Gasteiger partial charge in [0.25, 0.3) is 0 Å². The molecule has 16 heavy (non-hydrogen) atoms. The van der Waals surface area contributed by atoms with Crippen molar-refractivity contribution < 1.29 is 4.79 Å². The molecule has 2 atom stereocenters. The highest BCUT2D eigenvalue weighted by Gasteiger charge is 2.46. The molecule has 2 fully saturated rings. The smallest absolute Gasteiger partial charge is 0.141 e. The minimum absolute atomic E-state index is 0.138. The average molecular weight is 223 g/mol. The highest BCUT2D eigenvalue weighted by atomic mass is 16.1. The van der Waals surface area contributed by atoms with Gasteiger partial charge in [0.05, 0.1) is 0 Å². The largest absolute Gasteiger partial charge is 0.303 e. The summed E-state index contributed by atoms with van der Waals surface area (Å²) in [6.45, 7) is 9.83. The number of ketones is 1. The van der Waals surface area contributed by atoms with Crippen molar-refractivity contribution in [2.75, 3.05) is 19.6 Å². The van der Waals surface area contributed by atoms with E-state index in [2.05, 4.69) is 4.90 Å². The van der Waals surface area contributed by atoms with Crippen LogP contribution in [-0.4, -0.2) is 30.3 Å². The number of likely N-dealkylation sites (tertiary alicyclic amines) is 1. The maximum absolute atomic E-state index is 12.1. The van der Waals surface area contributed by atoms with Crippen LogP contribution in [0.2, 0.25) is 0 Å². The third-order valence-electron chi connectivity index (χ3n) is 3.94. The third-order valence-corrected chi connectivity index (χ3v) is 3.94. The maximum atomic E-state index is 12.1. The topological polar surface area (TPSA) is 20.3 Å². The number of rotatable bonds is 3. The van der Waals surface area contributed by atoms with E-state index in [0.717, 1.165) is 6.42 Å². The van der Waals surface area contributed by atoms with E-state index in [1.165, 1.54) is 38.9 Å². The lowest BCUT2D eigenvalue weighted by molar-refractivity contribution is -0.127. The molecule has 0 radical (unpaired) electrons. The second-order valence-electron chi connectivity index (χ2n) is 6.58. The molecular formula is C14H25NO. The predicted molar refractivity (Wildman–Crippen MR) is 66.4 cm³/mol. The molecule has 1 saturated heterocycles. The summed E-state index contributed by atoms with van der Waals surface area (Å²) < 4.78 is 0. The summed E-state index contributed by atoms with van der Waals surface area (Å²) in [6.07, 6.45) is 5.24. The Morgan fingerprint density at radius 1 is 1.19 bits per heavy atom. The van der Waals surface area contributed by atoms with Gasteiger partial charge in [-0.2, -0.15) is 0 Å². The first kappa shape index (κ1) is 12.1. The lowest BCUT2D eigenvalue weighted by Crippen LogP contribution is -2.32. The fourth-order valence-electron chi connectivity index (χ4n) is 2.80. The second-order valence-corrected chi connectivity index (χ2v) is 6.58. The summed E-state index contributed by atoms with van der Waals surface area (Å²) in [5.41, 5.74) is -0.138. The lowest BCUT2D eigenvalue weighted by Gasteiger charge is -2.26. The van der Waals surface area contributed by atoms with Crippen LogP contribution in [0, 0.1) is 17.3 Å². The zero-order valence-electron chi connectivity index (χ0n) is 11.0. The second kappa shape index (κ2) is 4.48. The minimum atomic E-state index is -0.138. The van der Waals surface area contributed by atoms with Gasteiger partial charge < -0.3 is 4.90 Å². The van der Waals surface area contributed by atoms with Crippen molar-refractivity contribution in [2.24, 2.45) is 17.3 Å². The Bertz CT molecular complexity index is 260. The van der Waals surface area contributed by atoms with E-state index in [-0.39, 0.29) is 5.41 Å². The van der Waals surface area contributed by atoms with Crippen molar-refractivity contribution in [3.63, 3.8) is 0 Å². The van der Waals surface area contributed by atoms with Gasteiger partial charge in [0.1, 0.15) is 5.78 Å². The van der Waals surface area contributed by atoms with Gasteiger partial charge >= 0.3 is 0 Å². The van der Waals surface area contributed by atoms with Crippen LogP contribution in [0.5, 0.6) is 0 Å². The molecule has 1 aliphatic heterocycles. The molecule has 1 saturated carbocycles. The van der Waals surface area contributed by atoms with Crippen molar-refractivity contribution in [3.8, 4) is 0 Å². The summed E-state index contributed by atoms with van der Waals surface area (Å²) in [5, 5.41) is 0. The standard InChI is InChI=1S/C14H25NO/c1-14(2,3)13(16)12-9-11(12)10-15-7-5-4-6-8-15/h11-12H,4-10H2,1-3H3. The molecule has 2 aliphatic rings. The molecule has 0 bridgehead atoms. The van der Waals surface area contributed by atoms with Crippen molar-refractivity contribution >= 4 is 5.78 Å². The van der Waals surface area contributed by atoms with E-state index >= 15 is 0 Å². The van der Waals surface area contributed by atoms with Gasteiger partial charge in [-0.15, -0.1) is 0 Å². The first-order chi connectivity index (χ1) is 7.48. The van der Waals surface area contributed by atoms with Gasteiger partial charge in [-0.25, -0.2) is 0 Å². The molecule has 0 N–H and O–H groups in total. The molecule has 2 unspecified atom stereocenters. The molecule has 0 aromatic carbocycles. The summed E-state index contributed by atoms with van der Waals surface area (Å²) >= 11 is 0. The van der Waals surface area contributed by atoms with Gasteiger partial charge in [0, 0.05) is 17.9 Å². The van der Waals surface area contributed by atoms with E-state index in [4.69, 9.17) is 0 Å². The maximum Gasteiger partial charge on any atom is 0.141 e. The molecule has 1 heterocycles. The van der Waals surface area contributed by atoms with E-state index < -0.39 is 0 Å². The van der Waals surface area contributed by atoms with Crippen molar-refractivity contribution in [2.45, 2.75) is 46.5 Å². The SMILES string of the molecule is CC(C)(C)C(=O)C1CC1CN1CCCCC1. The van der Waals surface area contributed by atoms with Gasteiger partial charge in [0.2, 0.25) is 0 Å². The Morgan fingerprint density at radius 3 is 2.38 bits per heavy atom. The molecule has 2 nitrogen and oxygen atoms in total. The molecule has 0 amide bonds. The number of hydrogen-bond donors (Lipinski definition) is 0. The Labute approximate surface area is 99.4 Å². The van der Waals surface area contributed by atoms with Crippen LogP contribution in [0.1, 0.15) is 46.5 Å². The molecule has 0 aromatic heterocycles. The quantitative estimate of drug-likeness (QED) is 0.733. The first-order valence-corrected chi connectivity index (χ1v) is 6.75. The Morgan fingerprint density at radius 2 is 1.81 bits per heavy atom. The van der Waals surface area contributed by atoms with Crippen LogP contribution in [0.3, 0.4) is 0 Å². The fraction of sp³-hybridized carbons (Fsp3) is 0.929. The van der Waals surface area contributed by atoms with Crippen LogP contribution in [-0.2, 0) is 4.79 Å². The van der Waals surface area contributed by atoms with E-state index in [1.54, 1.807) is 0 Å². The van der Waals surface area contributed by atoms with Crippen molar-refractivity contribution in [1.82, 2.24) is 4.90 Å². The molecule has 2 heteroatoms. The van der Waals surface area contributed by atoms with Gasteiger partial charge in [-0.1, -0.05) is 27.2 Å². The normalized spacial score (nSPS) is 31.4. The number of carbonyl (C=O) groups is 1. The number of carbonyl (C=O) groups excluding carboxylic acids is 1. The monoisotopic (exact) mass is 223 g/mol. The highest BCUT2D eigenvalue weighted by Crippen LogP contribution is 2.44. The van der Waals surface area contributed by atoms with E-state index in [1.807, 2.05) is 20.8 Å². The average Bonchev–Trinajstić information content (AvgIpc) is 2.96. The molecule has 0 spiro atoms. The van der Waals surface area contributed by atoms with Crippen LogP contribution < -0.4 is 0 Å². The molecular weight excluding hydrogens is 198 g/mol. The van der Waals surface area contributed by atoms with Gasteiger partial charge in [-0.3, -0.25) is 4.79 Å².